The molecule has 1 aromatic heterocycles. The number of para-hydroxylation sites is 1. The summed E-state index contributed by atoms with van der Waals surface area (Å²) in [7, 11) is 0. The van der Waals surface area contributed by atoms with Gasteiger partial charge in [-0.1, -0.05) is 122 Å². The molecule has 1 aliphatic rings. The smallest absolute Gasteiger partial charge is 0.326 e. The van der Waals surface area contributed by atoms with E-state index in [1.807, 2.05) is 18.2 Å². The van der Waals surface area contributed by atoms with Crippen molar-refractivity contribution >= 4 is 99.3 Å². The van der Waals surface area contributed by atoms with Crippen molar-refractivity contribution in [1.29, 1.82) is 0 Å². The number of amides is 12. The number of nitrogens with zero attached hydrogens (tertiary/aromatic N) is 1. The number of carbonyl (C=O) groups excluding carboxylic acids is 14. The molecule has 1 aliphatic heterocycles. The molecule has 112 heavy (non-hydrogen) atoms. The number of aliphatic hydroxyl groups is 3. The number of hydrogen-bond acceptors (Lipinski definition) is 19. The van der Waals surface area contributed by atoms with Gasteiger partial charge in [-0.15, -0.1) is 11.8 Å². The Hall–Kier alpha value is -10.2. The Kier molecular flexibility index (Phi) is 40.9. The van der Waals surface area contributed by atoms with Crippen LogP contribution in [0.5, 0.6) is 0 Å². The van der Waals surface area contributed by atoms with Crippen molar-refractivity contribution in [3.63, 3.8) is 0 Å². The summed E-state index contributed by atoms with van der Waals surface area (Å²) in [4.78, 5) is 205. The van der Waals surface area contributed by atoms with Gasteiger partial charge in [0.05, 0.1) is 31.3 Å². The minimum atomic E-state index is -1.74. The summed E-state index contributed by atoms with van der Waals surface area (Å²) in [5, 5.41) is 64.9. The summed E-state index contributed by atoms with van der Waals surface area (Å²) >= 11 is 0. The fraction of sp³-hybridized carbons (Fsp3) is 0.608. The highest BCUT2D eigenvalue weighted by molar-refractivity contribution is 6.39. The molecule has 2 heterocycles. The van der Waals surface area contributed by atoms with E-state index >= 15 is 0 Å². The zero-order chi connectivity index (χ0) is 83.3. The number of primary amides is 2. The number of carboxylic acids is 1. The van der Waals surface area contributed by atoms with Crippen molar-refractivity contribution in [2.45, 2.75) is 275 Å². The van der Waals surface area contributed by atoms with Crippen LogP contribution in [-0.2, 0) is 84.8 Å². The minimum Gasteiger partial charge on any atom is -0.480 e. The van der Waals surface area contributed by atoms with Gasteiger partial charge in [0, 0.05) is 62.2 Å². The molecular formula is C79H118N14O19. The van der Waals surface area contributed by atoms with Gasteiger partial charge in [0.1, 0.15) is 60.4 Å². The summed E-state index contributed by atoms with van der Waals surface area (Å²) in [5.41, 5.74) is 19.1. The van der Waals surface area contributed by atoms with Gasteiger partial charge in [0.15, 0.2) is 0 Å². The molecule has 20 N–H and O–H groups in total. The lowest BCUT2D eigenvalue weighted by molar-refractivity contribution is -0.142. The van der Waals surface area contributed by atoms with Crippen LogP contribution in [0.1, 0.15) is 195 Å². The number of aliphatic carboxylic acids is 1. The maximum Gasteiger partial charge on any atom is 0.326 e. The molecule has 0 unspecified atom stereocenters. The number of likely N-dealkylation sites (tertiary alicyclic amines) is 1. The zero-order valence-electron chi connectivity index (χ0n) is 65.6. The van der Waals surface area contributed by atoms with E-state index < -0.39 is 180 Å². The minimum absolute atomic E-state index is 0.0176. The standard InChI is InChI=1S/C79H118N14O19/c1-9-47(6)66(76(108)92-68(49(8)96)77(109)87-56(38-45(2)3)72(104)88-59(79(111)112)41-51-43-83-54-31-26-25-30-52(51)54)90-71(103)55(35-36-63(81)98)84-75(107)61-32-27-37-93(61)65(100)34-24-19-17-15-13-11-10-12-14-16-18-23-33-62(97)69(101)60(44-94)89-78(110)67(48(7)95)91-74(106)57(39-46(4)5)86-73(105)58(42-64(82)99)85-70(102)53(80)40-50-28-21-20-22-29-50/h20-22,25-26,28-31,43,45-49,53,55-61,66-68,83,94-96H,9,12-19,23-24,27,32-42,44,80H2,1-8H3,(H2,81,98)(H2,82,99)(H,84,107)(H,85,102)(H,86,105)(H,87,109)(H,88,104)(H,89,110)(H,90,103)(H,91,106)(H,92,108)(H,111,112)/t47-,48+,49+,53-,55-,56-,57-,58-,59-,60-,61-,66-,67-,68-/m0/s1. The number of unbranched alkanes of at least 4 members (excludes halogenated alkanes) is 8. The first-order valence-electron chi connectivity index (χ1n) is 38.7. The number of H-pyrrole nitrogens is 1. The Morgan fingerprint density at radius 1 is 0.536 bits per heavy atom. The van der Waals surface area contributed by atoms with Gasteiger partial charge in [-0.05, 0) is 113 Å². The molecule has 33 heteroatoms. The number of ketones is 2. The van der Waals surface area contributed by atoms with Crippen LogP contribution in [0.3, 0.4) is 0 Å². The lowest BCUT2D eigenvalue weighted by Gasteiger charge is -2.30. The van der Waals surface area contributed by atoms with Crippen molar-refractivity contribution in [3.8, 4) is 11.8 Å². The van der Waals surface area contributed by atoms with E-state index in [2.05, 4.69) is 64.7 Å². The third-order valence-corrected chi connectivity index (χ3v) is 19.3. The van der Waals surface area contributed by atoms with Crippen molar-refractivity contribution in [3.05, 3.63) is 71.9 Å². The predicted molar refractivity (Wildman–Crippen MR) is 414 cm³/mol. The molecule has 3 aromatic rings. The number of aromatic amines is 1. The van der Waals surface area contributed by atoms with Crippen LogP contribution in [-0.4, -0.2) is 211 Å². The van der Waals surface area contributed by atoms with Crippen molar-refractivity contribution in [2.24, 2.45) is 35.0 Å². The maximum absolute atomic E-state index is 14.2. The van der Waals surface area contributed by atoms with E-state index in [1.165, 1.54) is 18.7 Å². The molecule has 0 saturated carbocycles. The number of carbonyl (C=O) groups is 15. The highest BCUT2D eigenvalue weighted by Gasteiger charge is 2.41. The van der Waals surface area contributed by atoms with Crippen LogP contribution in [0.2, 0.25) is 0 Å². The molecule has 1 saturated heterocycles. The highest BCUT2D eigenvalue weighted by atomic mass is 16.4. The second-order valence-electron chi connectivity index (χ2n) is 29.7. The monoisotopic (exact) mass is 1570 g/mol. The summed E-state index contributed by atoms with van der Waals surface area (Å²) in [6.07, 6.45) is 4.63. The second kappa shape index (κ2) is 48.6. The van der Waals surface area contributed by atoms with Gasteiger partial charge in [-0.25, -0.2) is 4.79 Å². The Morgan fingerprint density at radius 3 is 1.58 bits per heavy atom. The van der Waals surface area contributed by atoms with E-state index in [0.717, 1.165) is 29.3 Å². The normalized spacial score (nSPS) is 16.1. The number of aromatic nitrogens is 1. The van der Waals surface area contributed by atoms with Gasteiger partial charge >= 0.3 is 5.97 Å². The first-order chi connectivity index (χ1) is 53.1. The van der Waals surface area contributed by atoms with Crippen molar-refractivity contribution in [2.75, 3.05) is 13.2 Å². The number of benzene rings is 2. The Labute approximate surface area is 653 Å². The topological polar surface area (TPSA) is 542 Å². The fourth-order valence-corrected chi connectivity index (χ4v) is 12.8. The SMILES string of the molecule is CC[C@H](C)[C@H](NC(=O)[C@H](CCC(N)=O)NC(=O)[C@@H]1CCCN1C(=O)CCCCCCC#CCCCCCCC(=O)C(=O)[C@H](CO)NC(=O)[C@@H](NC(=O)[C@H](CC(C)C)NC(=O)[C@H](CC(N)=O)NC(=O)[C@@H](N)Cc1ccccc1)[C@@H](C)O)C(=O)N[C@H](C(=O)N[C@@H](CC(C)C)C(=O)N[C@@H](Cc1c[nH]c2ccccc12)C(=O)O)[C@@H](C)O. The predicted octanol–water partition coefficient (Wildman–Crippen LogP) is 0.575. The molecule has 4 rings (SSSR count). The van der Waals surface area contributed by atoms with Crippen LogP contribution in [0.4, 0.5) is 0 Å². The molecule has 33 nitrogen and oxygen atoms in total. The Balaban J connectivity index is 1.20. The molecule has 618 valence electrons. The second-order valence-corrected chi connectivity index (χ2v) is 29.7. The largest absolute Gasteiger partial charge is 0.480 e. The van der Waals surface area contributed by atoms with Crippen molar-refractivity contribution in [1.82, 2.24) is 57.7 Å². The summed E-state index contributed by atoms with van der Waals surface area (Å²) in [5.74, 6) is -8.05. The Bertz CT molecular complexity index is 3740. The Morgan fingerprint density at radius 2 is 1.03 bits per heavy atom. The number of hydrogen-bond donors (Lipinski definition) is 17. The molecular weight excluding hydrogens is 1450 g/mol. The highest BCUT2D eigenvalue weighted by Crippen LogP contribution is 2.23. The van der Waals surface area contributed by atoms with Crippen LogP contribution < -0.4 is 65.1 Å². The summed E-state index contributed by atoms with van der Waals surface area (Å²) in [6.45, 7) is 12.1. The fourth-order valence-electron chi connectivity index (χ4n) is 12.8. The number of nitrogens with one attached hydrogen (secondary N) is 10. The first kappa shape index (κ1) is 94.2. The molecule has 0 spiro atoms. The lowest BCUT2D eigenvalue weighted by Crippen LogP contribution is -2.62. The summed E-state index contributed by atoms with van der Waals surface area (Å²) < 4.78 is 0. The molecule has 2 aromatic carbocycles. The summed E-state index contributed by atoms with van der Waals surface area (Å²) in [6, 6.07) is 0.445. The number of Topliss-reactive ketones (excluding diaryl/α,β-unsaturated/α-hetero) is 2. The van der Waals surface area contributed by atoms with E-state index in [0.29, 0.717) is 76.2 Å². The van der Waals surface area contributed by atoms with Gasteiger partial charge in [-0.2, -0.15) is 0 Å². The molecule has 1 fully saturated rings. The average Bonchev–Trinajstić information content (AvgIpc) is 1.58. The van der Waals surface area contributed by atoms with Gasteiger partial charge < -0.3 is 95.4 Å². The zero-order valence-corrected chi connectivity index (χ0v) is 65.6. The third-order valence-electron chi connectivity index (χ3n) is 19.3. The molecule has 14 atom stereocenters. The maximum atomic E-state index is 14.2. The molecule has 0 bridgehead atoms. The number of rotatable bonds is 51. The van der Waals surface area contributed by atoms with Crippen molar-refractivity contribution < 1.29 is 92.3 Å². The third kappa shape index (κ3) is 32.3. The van der Waals surface area contributed by atoms with Crippen LogP contribution in [0.25, 0.3) is 10.9 Å². The van der Waals surface area contributed by atoms with Gasteiger partial charge in [0.2, 0.25) is 82.5 Å². The number of carboxylic acid groups (broad SMARTS) is 1. The quantitative estimate of drug-likeness (QED) is 0.0209. The van der Waals surface area contributed by atoms with E-state index in [-0.39, 0.29) is 75.7 Å². The number of nitrogens with two attached hydrogens (primary N) is 3. The molecule has 0 radical (unpaired) electrons. The number of aliphatic hydroxyl groups excluding tert-OH is 3. The molecule has 0 aliphatic carbocycles. The lowest BCUT2D eigenvalue weighted by atomic mass is 9.96. The van der Waals surface area contributed by atoms with Crippen LogP contribution >= 0.6 is 0 Å². The number of fused-ring (bicyclic) bond motifs is 1. The van der Waals surface area contributed by atoms with E-state index in [4.69, 9.17) is 17.2 Å². The molecule has 12 amide bonds. The average molecular weight is 1570 g/mol. The van der Waals surface area contributed by atoms with Crippen LogP contribution in [0, 0.1) is 29.6 Å². The van der Waals surface area contributed by atoms with Gasteiger partial charge in [0.25, 0.3) is 0 Å². The van der Waals surface area contributed by atoms with Gasteiger partial charge in [-0.3, -0.25) is 67.1 Å². The first-order valence-corrected chi connectivity index (χ1v) is 38.7. The van der Waals surface area contributed by atoms with E-state index in [9.17, 15) is 92.3 Å². The van der Waals surface area contributed by atoms with E-state index in [1.54, 1.807) is 84.1 Å². The van der Waals surface area contributed by atoms with Crippen LogP contribution in [0.15, 0.2) is 60.8 Å².